The number of benzene rings is 2. The fourth-order valence-electron chi connectivity index (χ4n) is 2.59. The van der Waals surface area contributed by atoms with Crippen molar-refractivity contribution in [3.8, 4) is 11.6 Å². The Labute approximate surface area is 156 Å². The molecule has 27 heavy (non-hydrogen) atoms. The Bertz CT molecular complexity index is 1170. The van der Waals surface area contributed by atoms with Crippen molar-refractivity contribution < 1.29 is 13.2 Å². The Balaban J connectivity index is 1.58. The van der Waals surface area contributed by atoms with Crippen LogP contribution in [-0.4, -0.2) is 18.4 Å². The van der Waals surface area contributed by atoms with Gasteiger partial charge in [-0.2, -0.15) is 0 Å². The number of hydrogen-bond donors (Lipinski definition) is 1. The normalized spacial score (nSPS) is 11.3. The molecule has 0 spiro atoms. The van der Waals surface area contributed by atoms with Crippen LogP contribution in [0.1, 0.15) is 0 Å². The molecule has 0 aliphatic carbocycles. The monoisotopic (exact) mass is 377 g/mol. The van der Waals surface area contributed by atoms with Crippen molar-refractivity contribution in [2.75, 3.05) is 4.72 Å². The van der Waals surface area contributed by atoms with Crippen molar-refractivity contribution in [1.29, 1.82) is 0 Å². The third kappa shape index (κ3) is 3.73. The van der Waals surface area contributed by atoms with Crippen molar-refractivity contribution in [1.82, 2.24) is 9.97 Å². The minimum Gasteiger partial charge on any atom is -0.439 e. The molecule has 1 N–H and O–H groups in total. The molecule has 0 unspecified atom stereocenters. The van der Waals surface area contributed by atoms with Gasteiger partial charge in [0.05, 0.1) is 17.4 Å². The van der Waals surface area contributed by atoms with Gasteiger partial charge in [0.2, 0.25) is 5.88 Å². The van der Waals surface area contributed by atoms with Gasteiger partial charge < -0.3 is 4.74 Å². The first-order valence-corrected chi connectivity index (χ1v) is 9.66. The molecule has 0 saturated carbocycles. The summed E-state index contributed by atoms with van der Waals surface area (Å²) < 4.78 is 33.6. The molecule has 134 valence electrons. The molecule has 4 aromatic rings. The van der Waals surface area contributed by atoms with E-state index in [-0.39, 0.29) is 4.90 Å². The predicted molar refractivity (Wildman–Crippen MR) is 103 cm³/mol. The predicted octanol–water partition coefficient (Wildman–Crippen LogP) is 4.22. The van der Waals surface area contributed by atoms with Crippen LogP contribution in [0.5, 0.6) is 11.6 Å². The van der Waals surface area contributed by atoms with Crippen LogP contribution in [0.25, 0.3) is 10.9 Å². The average Bonchev–Trinajstić information content (AvgIpc) is 2.69. The van der Waals surface area contributed by atoms with Crippen LogP contribution in [0, 0.1) is 0 Å². The molecule has 0 aliphatic rings. The highest BCUT2D eigenvalue weighted by Gasteiger charge is 2.16. The average molecular weight is 377 g/mol. The van der Waals surface area contributed by atoms with Crippen LogP contribution >= 0.6 is 0 Å². The zero-order valence-electron chi connectivity index (χ0n) is 14.1. The number of ether oxygens (including phenoxy) is 1. The van der Waals surface area contributed by atoms with E-state index in [0.29, 0.717) is 22.8 Å². The Morgan fingerprint density at radius 2 is 1.63 bits per heavy atom. The number of pyridine rings is 2. The van der Waals surface area contributed by atoms with E-state index in [1.54, 1.807) is 36.5 Å². The number of aromatic nitrogens is 2. The van der Waals surface area contributed by atoms with Crippen LogP contribution in [0.15, 0.2) is 90.1 Å². The van der Waals surface area contributed by atoms with Gasteiger partial charge in [0.15, 0.2) is 0 Å². The molecule has 2 aromatic heterocycles. The van der Waals surface area contributed by atoms with Crippen molar-refractivity contribution in [2.24, 2.45) is 0 Å². The Morgan fingerprint density at radius 1 is 0.815 bits per heavy atom. The fraction of sp³-hybridized carbons (Fsp3) is 0. The molecule has 0 fully saturated rings. The quantitative estimate of drug-likeness (QED) is 0.563. The first kappa shape index (κ1) is 17.0. The molecule has 0 bridgehead atoms. The maximum absolute atomic E-state index is 12.7. The number of sulfonamides is 1. The van der Waals surface area contributed by atoms with Gasteiger partial charge in [-0.15, -0.1) is 0 Å². The second kappa shape index (κ2) is 7.05. The second-order valence-electron chi connectivity index (χ2n) is 5.73. The maximum atomic E-state index is 12.7. The first-order chi connectivity index (χ1) is 13.1. The van der Waals surface area contributed by atoms with Crippen LogP contribution in [0.3, 0.4) is 0 Å². The van der Waals surface area contributed by atoms with Crippen molar-refractivity contribution in [2.45, 2.75) is 4.90 Å². The summed E-state index contributed by atoms with van der Waals surface area (Å²) in [7, 11) is -3.80. The molecular formula is C20H15N3O3S. The van der Waals surface area contributed by atoms with E-state index >= 15 is 0 Å². The highest BCUT2D eigenvalue weighted by molar-refractivity contribution is 7.92. The summed E-state index contributed by atoms with van der Waals surface area (Å²) in [5, 5.41) is 0.849. The summed E-state index contributed by atoms with van der Waals surface area (Å²) >= 11 is 0. The molecule has 0 saturated heterocycles. The van der Waals surface area contributed by atoms with Crippen molar-refractivity contribution in [3.63, 3.8) is 0 Å². The SMILES string of the molecule is O=S(=O)(Nc1cccc2cccnc12)c1ccc(Oc2ccccc2)nc1. The van der Waals surface area contributed by atoms with Gasteiger partial charge in [-0.25, -0.2) is 13.4 Å². The number of anilines is 1. The third-order valence-electron chi connectivity index (χ3n) is 3.86. The largest absolute Gasteiger partial charge is 0.439 e. The summed E-state index contributed by atoms with van der Waals surface area (Å²) in [6.45, 7) is 0. The van der Waals surface area contributed by atoms with Crippen molar-refractivity contribution in [3.05, 3.63) is 85.2 Å². The number of rotatable bonds is 5. The van der Waals surface area contributed by atoms with E-state index in [9.17, 15) is 8.42 Å². The summed E-state index contributed by atoms with van der Waals surface area (Å²) in [6.07, 6.45) is 2.89. The third-order valence-corrected chi connectivity index (χ3v) is 5.21. The molecule has 4 rings (SSSR count). The topological polar surface area (TPSA) is 81.2 Å². The number of fused-ring (bicyclic) bond motifs is 1. The van der Waals surface area contributed by atoms with Gasteiger partial charge >= 0.3 is 0 Å². The highest BCUT2D eigenvalue weighted by Crippen LogP contribution is 2.25. The minimum absolute atomic E-state index is 0.0378. The molecule has 2 heterocycles. The summed E-state index contributed by atoms with van der Waals surface area (Å²) in [4.78, 5) is 8.38. The Hall–Kier alpha value is -3.45. The van der Waals surface area contributed by atoms with Gasteiger partial charge in [0.1, 0.15) is 10.6 Å². The minimum atomic E-state index is -3.80. The van der Waals surface area contributed by atoms with E-state index < -0.39 is 10.0 Å². The fourth-order valence-corrected chi connectivity index (χ4v) is 3.60. The number of nitrogens with zero attached hydrogens (tertiary/aromatic N) is 2. The molecule has 0 atom stereocenters. The lowest BCUT2D eigenvalue weighted by Crippen LogP contribution is -2.13. The molecule has 0 aliphatic heterocycles. The van der Waals surface area contributed by atoms with Crippen LogP contribution in [0.4, 0.5) is 5.69 Å². The van der Waals surface area contributed by atoms with E-state index in [4.69, 9.17) is 4.74 Å². The Kier molecular flexibility index (Phi) is 4.43. The molecule has 0 amide bonds. The van der Waals surface area contributed by atoms with Gasteiger partial charge in [-0.05, 0) is 30.3 Å². The standard InChI is InChI=1S/C20H15N3O3S/c24-27(25,23-18-10-4-6-15-7-5-13-21-20(15)18)17-11-12-19(22-14-17)26-16-8-2-1-3-9-16/h1-14,23H. The second-order valence-corrected chi connectivity index (χ2v) is 7.42. The Morgan fingerprint density at radius 3 is 2.41 bits per heavy atom. The number of nitrogens with one attached hydrogen (secondary N) is 1. The highest BCUT2D eigenvalue weighted by atomic mass is 32.2. The van der Waals surface area contributed by atoms with Gasteiger partial charge in [0, 0.05) is 17.6 Å². The first-order valence-electron chi connectivity index (χ1n) is 8.17. The van der Waals surface area contributed by atoms with Gasteiger partial charge in [-0.3, -0.25) is 9.71 Å². The molecule has 7 heteroatoms. The van der Waals surface area contributed by atoms with Crippen molar-refractivity contribution >= 4 is 26.6 Å². The summed E-state index contributed by atoms with van der Waals surface area (Å²) in [5.41, 5.74) is 0.998. The number of hydrogen-bond acceptors (Lipinski definition) is 5. The van der Waals surface area contributed by atoms with Crippen LogP contribution in [-0.2, 0) is 10.0 Å². The van der Waals surface area contributed by atoms with E-state index in [0.717, 1.165) is 5.39 Å². The van der Waals surface area contributed by atoms with Crippen LogP contribution < -0.4 is 9.46 Å². The molecular weight excluding hydrogens is 362 g/mol. The zero-order valence-corrected chi connectivity index (χ0v) is 14.9. The lowest BCUT2D eigenvalue weighted by molar-refractivity contribution is 0.462. The molecule has 6 nitrogen and oxygen atoms in total. The lowest BCUT2D eigenvalue weighted by atomic mass is 10.2. The van der Waals surface area contributed by atoms with Gasteiger partial charge in [0.25, 0.3) is 10.0 Å². The zero-order chi connectivity index (χ0) is 18.7. The smallest absolute Gasteiger partial charge is 0.263 e. The summed E-state index contributed by atoms with van der Waals surface area (Å²) in [5.74, 6) is 0.938. The summed E-state index contributed by atoms with van der Waals surface area (Å²) in [6, 6.07) is 21.1. The van der Waals surface area contributed by atoms with E-state index in [1.807, 2.05) is 30.3 Å². The molecule has 2 aromatic carbocycles. The number of para-hydroxylation sites is 2. The van der Waals surface area contributed by atoms with E-state index in [1.165, 1.54) is 18.3 Å². The van der Waals surface area contributed by atoms with E-state index in [2.05, 4.69) is 14.7 Å². The van der Waals surface area contributed by atoms with Gasteiger partial charge in [-0.1, -0.05) is 36.4 Å². The van der Waals surface area contributed by atoms with Crippen LogP contribution in [0.2, 0.25) is 0 Å². The lowest BCUT2D eigenvalue weighted by Gasteiger charge is -2.10. The maximum Gasteiger partial charge on any atom is 0.263 e. The molecule has 0 radical (unpaired) electrons.